The molecule has 0 aromatic heterocycles. The van der Waals surface area contributed by atoms with E-state index in [1.54, 1.807) is 6.07 Å². The Morgan fingerprint density at radius 1 is 1.43 bits per heavy atom. The van der Waals surface area contributed by atoms with Crippen LogP contribution in [0.1, 0.15) is 5.56 Å². The van der Waals surface area contributed by atoms with Gasteiger partial charge < -0.3 is 5.32 Å². The largest absolute Gasteiger partial charge is 0.359 e. The number of hydrogen-bond donors (Lipinski definition) is 2. The van der Waals surface area contributed by atoms with Gasteiger partial charge in [-0.25, -0.2) is 0 Å². The van der Waals surface area contributed by atoms with Crippen LogP contribution >= 0.6 is 0 Å². The fraction of sp³-hybridized carbons (Fsp3) is 0.111. The summed E-state index contributed by atoms with van der Waals surface area (Å²) in [7, 11) is -4.10. The van der Waals surface area contributed by atoms with E-state index in [0.717, 1.165) is 16.9 Å². The van der Waals surface area contributed by atoms with Gasteiger partial charge in [-0.05, 0) is 23.8 Å². The lowest BCUT2D eigenvalue weighted by atomic mass is 10.1. The number of allylic oxidation sites excluding steroid dienone is 1. The lowest BCUT2D eigenvalue weighted by molar-refractivity contribution is 0.483. The molecule has 0 spiro atoms. The summed E-state index contributed by atoms with van der Waals surface area (Å²) in [6, 6.07) is 4.44. The minimum atomic E-state index is -4.10. The van der Waals surface area contributed by atoms with Crippen LogP contribution in [0.4, 0.5) is 5.69 Å². The Morgan fingerprint density at radius 2 is 2.14 bits per heavy atom. The zero-order valence-electron chi connectivity index (χ0n) is 7.32. The van der Waals surface area contributed by atoms with Crippen LogP contribution in [0.25, 0.3) is 0 Å². The maximum absolute atomic E-state index is 10.8. The van der Waals surface area contributed by atoms with E-state index < -0.39 is 10.1 Å². The third kappa shape index (κ3) is 1.51. The Morgan fingerprint density at radius 3 is 2.79 bits per heavy atom. The van der Waals surface area contributed by atoms with E-state index in [0.29, 0.717) is 6.42 Å². The molecule has 1 aromatic carbocycles. The van der Waals surface area contributed by atoms with Crippen molar-refractivity contribution in [1.82, 2.24) is 0 Å². The van der Waals surface area contributed by atoms with E-state index in [4.69, 9.17) is 4.55 Å². The molecule has 0 atom stereocenters. The lowest BCUT2D eigenvalue weighted by Crippen LogP contribution is -1.98. The van der Waals surface area contributed by atoms with Crippen LogP contribution in [-0.2, 0) is 16.5 Å². The van der Waals surface area contributed by atoms with E-state index in [1.165, 1.54) is 12.1 Å². The molecule has 5 heteroatoms. The maximum atomic E-state index is 10.8. The van der Waals surface area contributed by atoms with Crippen LogP contribution in [0.3, 0.4) is 0 Å². The normalized spacial score (nSPS) is 15.1. The molecule has 1 heterocycles. The van der Waals surface area contributed by atoms with Crippen molar-refractivity contribution in [1.29, 1.82) is 0 Å². The third-order valence-corrected chi connectivity index (χ3v) is 2.94. The fourth-order valence-corrected chi connectivity index (χ4v) is 1.99. The summed E-state index contributed by atoms with van der Waals surface area (Å²) in [5.74, 6) is 0. The Balaban J connectivity index is 2.53. The number of anilines is 1. The molecule has 1 aliphatic heterocycles. The molecule has 1 aliphatic rings. The maximum Gasteiger partial charge on any atom is 0.294 e. The summed E-state index contributed by atoms with van der Waals surface area (Å²) in [5, 5.41) is 3.01. The van der Waals surface area contributed by atoms with Gasteiger partial charge in [0.15, 0.2) is 0 Å². The second-order valence-corrected chi connectivity index (χ2v) is 4.62. The predicted octanol–water partition coefficient (Wildman–Crippen LogP) is 1.41. The molecule has 74 valence electrons. The van der Waals surface area contributed by atoms with Crippen molar-refractivity contribution in [2.45, 2.75) is 11.3 Å². The van der Waals surface area contributed by atoms with Gasteiger partial charge in [-0.1, -0.05) is 6.58 Å². The summed E-state index contributed by atoms with van der Waals surface area (Å²) in [4.78, 5) is -0.0762. The van der Waals surface area contributed by atoms with Gasteiger partial charge in [-0.2, -0.15) is 8.42 Å². The van der Waals surface area contributed by atoms with Gasteiger partial charge in [0.1, 0.15) is 0 Å². The summed E-state index contributed by atoms with van der Waals surface area (Å²) < 4.78 is 30.5. The lowest BCUT2D eigenvalue weighted by Gasteiger charge is -2.00. The smallest absolute Gasteiger partial charge is 0.294 e. The monoisotopic (exact) mass is 211 g/mol. The van der Waals surface area contributed by atoms with Crippen molar-refractivity contribution in [2.75, 3.05) is 5.32 Å². The summed E-state index contributed by atoms with van der Waals surface area (Å²) in [6.45, 7) is 3.74. The third-order valence-electron chi connectivity index (χ3n) is 2.09. The molecular formula is C9H9NO3S. The highest BCUT2D eigenvalue weighted by Gasteiger charge is 2.17. The average Bonchev–Trinajstić information content (AvgIpc) is 2.41. The summed E-state index contributed by atoms with van der Waals surface area (Å²) in [5.41, 5.74) is 2.51. The van der Waals surface area contributed by atoms with E-state index in [9.17, 15) is 8.42 Å². The molecule has 0 fully saturated rings. The highest BCUT2D eigenvalue weighted by molar-refractivity contribution is 7.85. The summed E-state index contributed by atoms with van der Waals surface area (Å²) in [6.07, 6.45) is 0.596. The van der Waals surface area contributed by atoms with E-state index in [2.05, 4.69) is 11.9 Å². The van der Waals surface area contributed by atoms with Gasteiger partial charge in [0, 0.05) is 17.8 Å². The zero-order valence-corrected chi connectivity index (χ0v) is 8.13. The first-order valence-corrected chi connectivity index (χ1v) is 5.46. The van der Waals surface area contributed by atoms with Crippen molar-refractivity contribution in [3.05, 3.63) is 36.0 Å². The van der Waals surface area contributed by atoms with Gasteiger partial charge in [0.25, 0.3) is 10.1 Å². The standard InChI is InChI=1S/C9H9NO3S/c1-6-4-7-5-8(14(11,12)13)2-3-9(7)10-6/h2-3,5,10H,1,4H2,(H,11,12,13). The minimum Gasteiger partial charge on any atom is -0.359 e. The topological polar surface area (TPSA) is 66.4 Å². The second kappa shape index (κ2) is 2.83. The number of fused-ring (bicyclic) bond motifs is 1. The quantitative estimate of drug-likeness (QED) is 0.689. The molecule has 0 bridgehead atoms. The molecule has 14 heavy (non-hydrogen) atoms. The number of nitrogens with one attached hydrogen (secondary N) is 1. The van der Waals surface area contributed by atoms with Crippen LogP contribution in [0.5, 0.6) is 0 Å². The van der Waals surface area contributed by atoms with Crippen molar-refractivity contribution >= 4 is 15.8 Å². The summed E-state index contributed by atoms with van der Waals surface area (Å²) >= 11 is 0. The molecule has 0 radical (unpaired) electrons. The highest BCUT2D eigenvalue weighted by atomic mass is 32.2. The van der Waals surface area contributed by atoms with Crippen molar-refractivity contribution < 1.29 is 13.0 Å². The number of benzene rings is 1. The highest BCUT2D eigenvalue weighted by Crippen LogP contribution is 2.28. The molecule has 0 aliphatic carbocycles. The van der Waals surface area contributed by atoms with Crippen LogP contribution in [0, 0.1) is 0 Å². The first kappa shape index (κ1) is 9.23. The van der Waals surface area contributed by atoms with E-state index in [1.807, 2.05) is 0 Å². The molecule has 0 saturated carbocycles. The number of rotatable bonds is 1. The van der Waals surface area contributed by atoms with Crippen LogP contribution in [-0.4, -0.2) is 13.0 Å². The Hall–Kier alpha value is -1.33. The number of hydrogen-bond acceptors (Lipinski definition) is 3. The Labute approximate surface area is 82.0 Å². The van der Waals surface area contributed by atoms with Gasteiger partial charge in [-0.3, -0.25) is 4.55 Å². The second-order valence-electron chi connectivity index (χ2n) is 3.20. The van der Waals surface area contributed by atoms with Gasteiger partial charge >= 0.3 is 0 Å². The van der Waals surface area contributed by atoms with Gasteiger partial charge in [0.05, 0.1) is 4.90 Å². The molecule has 0 saturated heterocycles. The molecule has 2 rings (SSSR count). The van der Waals surface area contributed by atoms with Crippen LogP contribution in [0.2, 0.25) is 0 Å². The molecule has 0 amide bonds. The SMILES string of the molecule is C=C1Cc2cc(S(=O)(=O)O)ccc2N1. The average molecular weight is 211 g/mol. The molecule has 2 N–H and O–H groups in total. The van der Waals surface area contributed by atoms with Gasteiger partial charge in [0.2, 0.25) is 0 Å². The Bertz CT molecular complexity index is 505. The molecule has 1 aromatic rings. The van der Waals surface area contributed by atoms with E-state index >= 15 is 0 Å². The molecule has 4 nitrogen and oxygen atoms in total. The minimum absolute atomic E-state index is 0.0762. The molecular weight excluding hydrogens is 202 g/mol. The Kier molecular flexibility index (Phi) is 1.87. The first-order chi connectivity index (χ1) is 6.47. The van der Waals surface area contributed by atoms with Crippen molar-refractivity contribution in [3.63, 3.8) is 0 Å². The van der Waals surface area contributed by atoms with E-state index in [-0.39, 0.29) is 4.90 Å². The van der Waals surface area contributed by atoms with Crippen LogP contribution < -0.4 is 5.32 Å². The van der Waals surface area contributed by atoms with Crippen LogP contribution in [0.15, 0.2) is 35.4 Å². The van der Waals surface area contributed by atoms with Gasteiger partial charge in [-0.15, -0.1) is 0 Å². The van der Waals surface area contributed by atoms with Crippen molar-refractivity contribution in [3.8, 4) is 0 Å². The first-order valence-electron chi connectivity index (χ1n) is 4.02. The predicted molar refractivity (Wildman–Crippen MR) is 52.7 cm³/mol. The fourth-order valence-electron chi connectivity index (χ4n) is 1.46. The zero-order chi connectivity index (χ0) is 10.3. The molecule has 0 unspecified atom stereocenters. The van der Waals surface area contributed by atoms with Crippen molar-refractivity contribution in [2.24, 2.45) is 0 Å².